The molecule has 2 heterocycles. The van der Waals surface area contributed by atoms with Crippen molar-refractivity contribution in [2.75, 3.05) is 7.11 Å². The third-order valence-corrected chi connectivity index (χ3v) is 5.80. The highest BCUT2D eigenvalue weighted by Gasteiger charge is 2.42. The first-order chi connectivity index (χ1) is 13.8. The van der Waals surface area contributed by atoms with Gasteiger partial charge in [0.1, 0.15) is 16.8 Å². The number of nitrogens with zero attached hydrogens (tertiary/aromatic N) is 5. The highest BCUT2D eigenvalue weighted by Crippen LogP contribution is 2.34. The Kier molecular flexibility index (Phi) is 6.43. The molecule has 0 radical (unpaired) electrons. The molecule has 0 unspecified atom stereocenters. The number of hydrogen-bond donors (Lipinski definition) is 2. The number of pyridine rings is 1. The number of nitrogens with two attached hydrogens (primary N) is 2. The van der Waals surface area contributed by atoms with Gasteiger partial charge in [-0.25, -0.2) is 5.84 Å². The number of fused-ring (bicyclic) bond motifs is 1. The van der Waals surface area contributed by atoms with E-state index in [0.717, 1.165) is 11.2 Å². The largest absolute Gasteiger partial charge is 0.497 e. The molecule has 0 saturated carbocycles. The maximum atomic E-state index is 15.2. The van der Waals surface area contributed by atoms with Gasteiger partial charge in [0.05, 0.1) is 19.3 Å². The number of aryl methyl sites for hydroxylation is 1. The first-order valence-electron chi connectivity index (χ1n) is 8.28. The fraction of sp³-hybridized carbons (Fsp3) is 0.235. The summed E-state index contributed by atoms with van der Waals surface area (Å²) >= 11 is 2.02. The first-order valence-corrected chi connectivity index (χ1v) is 11.6. The summed E-state index contributed by atoms with van der Waals surface area (Å²) in [5, 5.41) is 8.37. The second kappa shape index (κ2) is 8.67. The van der Waals surface area contributed by atoms with E-state index in [-0.39, 0.29) is 12.1 Å². The van der Waals surface area contributed by atoms with E-state index in [1.165, 1.54) is 19.3 Å². The molecule has 0 aliphatic carbocycles. The lowest BCUT2D eigenvalue weighted by atomic mass is 10.1. The van der Waals surface area contributed by atoms with Crippen LogP contribution in [-0.2, 0) is 12.5 Å². The second-order valence-electron chi connectivity index (χ2n) is 6.12. The van der Waals surface area contributed by atoms with Crippen LogP contribution in [-0.4, -0.2) is 32.1 Å². The SMILES string of the molecule is COc1ccc(CN(N)/C(=N\N)C(F)(F)c2cnc3c(C)nn(SI)c3c2)cc1. The molecule has 0 spiro atoms. The monoisotopic (exact) mass is 533 g/mol. The maximum Gasteiger partial charge on any atom is 0.334 e. The summed E-state index contributed by atoms with van der Waals surface area (Å²) in [6.07, 6.45) is 1.09. The Bertz CT molecular complexity index is 1040. The Labute approximate surface area is 182 Å². The average molecular weight is 533 g/mol. The minimum absolute atomic E-state index is 0.0219. The summed E-state index contributed by atoms with van der Waals surface area (Å²) < 4.78 is 37.1. The molecule has 154 valence electrons. The van der Waals surface area contributed by atoms with Crippen LogP contribution in [0.25, 0.3) is 11.0 Å². The predicted molar refractivity (Wildman–Crippen MR) is 118 cm³/mol. The molecule has 0 fully saturated rings. The summed E-state index contributed by atoms with van der Waals surface area (Å²) in [5.74, 6) is 7.50. The topological polar surface area (TPSA) is 108 Å². The molecular formula is C17H18F2IN7OS. The third-order valence-electron chi connectivity index (χ3n) is 4.27. The number of rotatable bonds is 6. The van der Waals surface area contributed by atoms with Crippen molar-refractivity contribution in [1.82, 2.24) is 19.2 Å². The molecule has 0 bridgehead atoms. The van der Waals surface area contributed by atoms with Crippen molar-refractivity contribution in [3.05, 3.63) is 53.3 Å². The summed E-state index contributed by atoms with van der Waals surface area (Å²) in [6.45, 7) is 1.74. The fourth-order valence-electron chi connectivity index (χ4n) is 2.81. The zero-order chi connectivity index (χ0) is 21.2. The maximum absolute atomic E-state index is 15.2. The summed E-state index contributed by atoms with van der Waals surface area (Å²) in [6, 6.07) is 8.18. The van der Waals surface area contributed by atoms with Crippen molar-refractivity contribution in [3.8, 4) is 5.75 Å². The number of hydrazone groups is 1. The second-order valence-corrected chi connectivity index (χ2v) is 7.79. The average Bonchev–Trinajstić information content (AvgIpc) is 3.04. The summed E-state index contributed by atoms with van der Waals surface area (Å²) in [4.78, 5) is 4.15. The number of ether oxygens (including phenoxy) is 1. The van der Waals surface area contributed by atoms with Gasteiger partial charge in [-0.3, -0.25) is 9.99 Å². The molecule has 4 N–H and O–H groups in total. The zero-order valence-corrected chi connectivity index (χ0v) is 18.5. The third kappa shape index (κ3) is 4.23. The molecular weight excluding hydrogens is 515 g/mol. The van der Waals surface area contributed by atoms with Gasteiger partial charge in [0.25, 0.3) is 0 Å². The molecule has 0 aliphatic heterocycles. The molecule has 0 atom stereocenters. The van der Waals surface area contributed by atoms with Crippen molar-refractivity contribution in [2.24, 2.45) is 16.8 Å². The molecule has 29 heavy (non-hydrogen) atoms. The van der Waals surface area contributed by atoms with Gasteiger partial charge in [0.15, 0.2) is 0 Å². The van der Waals surface area contributed by atoms with E-state index >= 15 is 8.78 Å². The van der Waals surface area contributed by atoms with Crippen molar-refractivity contribution in [3.63, 3.8) is 0 Å². The van der Waals surface area contributed by atoms with Crippen LogP contribution in [0.3, 0.4) is 0 Å². The van der Waals surface area contributed by atoms with Gasteiger partial charge in [0.2, 0.25) is 5.84 Å². The van der Waals surface area contributed by atoms with Crippen molar-refractivity contribution < 1.29 is 13.5 Å². The lowest BCUT2D eigenvalue weighted by Gasteiger charge is -2.26. The van der Waals surface area contributed by atoms with Gasteiger partial charge >= 0.3 is 5.92 Å². The van der Waals surface area contributed by atoms with E-state index in [1.54, 1.807) is 38.3 Å². The minimum Gasteiger partial charge on any atom is -0.497 e. The van der Waals surface area contributed by atoms with E-state index in [0.29, 0.717) is 28.0 Å². The lowest BCUT2D eigenvalue weighted by Crippen LogP contribution is -2.46. The Morgan fingerprint density at radius 1 is 1.38 bits per heavy atom. The number of hydrogen-bond acceptors (Lipinski definition) is 7. The van der Waals surface area contributed by atoms with Crippen molar-refractivity contribution in [1.29, 1.82) is 0 Å². The standard InChI is InChI=1S/C17H18F2IN7OS/c1-10-15-14(27(25-10)29-20)7-12(8-23-15)17(18,19)16(24-21)26(22)9-11-3-5-13(28-2)6-4-11/h3-8H,9,21-22H2,1-2H3/b24-16-. The van der Waals surface area contributed by atoms with Crippen LogP contribution in [0.2, 0.25) is 0 Å². The van der Waals surface area contributed by atoms with Crippen LogP contribution in [0, 0.1) is 6.92 Å². The number of benzene rings is 1. The van der Waals surface area contributed by atoms with E-state index in [1.807, 2.05) is 21.2 Å². The zero-order valence-electron chi connectivity index (χ0n) is 15.5. The normalized spacial score (nSPS) is 12.4. The van der Waals surface area contributed by atoms with E-state index in [4.69, 9.17) is 16.4 Å². The molecule has 3 rings (SSSR count). The number of aromatic nitrogens is 3. The van der Waals surface area contributed by atoms with Gasteiger partial charge in [0, 0.05) is 42.1 Å². The molecule has 12 heteroatoms. The first kappa shape index (κ1) is 21.5. The van der Waals surface area contributed by atoms with Gasteiger partial charge in [-0.15, -0.1) is 0 Å². The van der Waals surface area contributed by atoms with E-state index < -0.39 is 11.8 Å². The molecule has 8 nitrogen and oxygen atoms in total. The molecule has 0 amide bonds. The Balaban J connectivity index is 1.91. The molecule has 0 saturated heterocycles. The highest BCUT2D eigenvalue weighted by molar-refractivity contribution is 14.2. The smallest absolute Gasteiger partial charge is 0.334 e. The Morgan fingerprint density at radius 2 is 2.07 bits per heavy atom. The van der Waals surface area contributed by atoms with Gasteiger partial charge < -0.3 is 10.6 Å². The Hall–Kier alpha value is -2.19. The Morgan fingerprint density at radius 3 is 2.66 bits per heavy atom. The quantitative estimate of drug-likeness (QED) is 0.165. The fourth-order valence-corrected chi connectivity index (χ4v) is 4.07. The van der Waals surface area contributed by atoms with Crippen LogP contribution in [0.4, 0.5) is 8.78 Å². The van der Waals surface area contributed by atoms with E-state index in [2.05, 4.69) is 15.2 Å². The lowest BCUT2D eigenvalue weighted by molar-refractivity contribution is 0.0581. The van der Waals surface area contributed by atoms with Crippen LogP contribution < -0.4 is 16.4 Å². The number of hydrazine groups is 1. The number of alkyl halides is 2. The van der Waals surface area contributed by atoms with Gasteiger partial charge in [-0.1, -0.05) is 12.1 Å². The van der Waals surface area contributed by atoms with Crippen molar-refractivity contribution in [2.45, 2.75) is 19.4 Å². The highest BCUT2D eigenvalue weighted by atomic mass is 127. The number of methoxy groups -OCH3 is 1. The molecule has 2 aromatic heterocycles. The molecule has 1 aromatic carbocycles. The number of halogens is 3. The van der Waals surface area contributed by atoms with Crippen LogP contribution in [0.1, 0.15) is 16.8 Å². The molecule has 3 aromatic rings. The van der Waals surface area contributed by atoms with E-state index in [9.17, 15) is 0 Å². The predicted octanol–water partition coefficient (Wildman–Crippen LogP) is 3.33. The summed E-state index contributed by atoms with van der Waals surface area (Å²) in [5.41, 5.74) is 1.96. The summed E-state index contributed by atoms with van der Waals surface area (Å²) in [7, 11) is 2.79. The van der Waals surface area contributed by atoms with Crippen LogP contribution in [0.15, 0.2) is 41.6 Å². The van der Waals surface area contributed by atoms with Gasteiger partial charge in [-0.2, -0.15) is 23.1 Å². The van der Waals surface area contributed by atoms with Crippen LogP contribution >= 0.6 is 30.3 Å². The van der Waals surface area contributed by atoms with Crippen molar-refractivity contribution >= 4 is 47.2 Å². The minimum atomic E-state index is -3.56. The molecule has 0 aliphatic rings. The van der Waals surface area contributed by atoms with Gasteiger partial charge in [-0.05, 0) is 30.7 Å². The number of amidine groups is 1. The van der Waals surface area contributed by atoms with Crippen LogP contribution in [0.5, 0.6) is 5.75 Å².